The number of rotatable bonds is 63. The van der Waals surface area contributed by atoms with E-state index >= 15 is 0 Å². The smallest absolute Gasteiger partial charge is 0.326 e. The first-order valence-electron chi connectivity index (χ1n) is 33.5. The second-order valence-corrected chi connectivity index (χ2v) is 25.5. The summed E-state index contributed by atoms with van der Waals surface area (Å²) in [7, 11) is -4.08. The van der Waals surface area contributed by atoms with Gasteiger partial charge in [0.15, 0.2) is 11.6 Å². The number of Topliss-reactive ketones (excluding diaryl/α,β-unsaturated/α-hetero) is 5. The van der Waals surface area contributed by atoms with Gasteiger partial charge in [-0.15, -0.1) is 10.2 Å². The highest BCUT2D eigenvalue weighted by Gasteiger charge is 2.27. The number of nitrogens with zero attached hydrogens (tertiary/aromatic N) is 3. The predicted octanol–water partition coefficient (Wildman–Crippen LogP) is 8.67. The molecule has 1 aromatic heterocycles. The van der Waals surface area contributed by atoms with E-state index < -0.39 is 112 Å². The third-order valence-electron chi connectivity index (χ3n) is 15.4. The van der Waals surface area contributed by atoms with Gasteiger partial charge in [0, 0.05) is 96.4 Å². The summed E-state index contributed by atoms with van der Waals surface area (Å²) in [5, 5.41) is 64.3. The number of carboxylic acids is 5. The van der Waals surface area contributed by atoms with Crippen molar-refractivity contribution in [2.75, 3.05) is 38.7 Å². The van der Waals surface area contributed by atoms with E-state index in [1.165, 1.54) is 38.5 Å². The van der Waals surface area contributed by atoms with Gasteiger partial charge in [-0.3, -0.25) is 62.3 Å². The zero-order chi connectivity index (χ0) is 70.4. The van der Waals surface area contributed by atoms with Gasteiger partial charge in [-0.1, -0.05) is 124 Å². The fourth-order valence-electron chi connectivity index (χ4n) is 9.81. The van der Waals surface area contributed by atoms with Gasteiger partial charge in [0.05, 0.1) is 43.3 Å². The van der Waals surface area contributed by atoms with Crippen molar-refractivity contribution in [2.45, 2.75) is 279 Å². The number of sulfonamides is 1. The Kier molecular flexibility index (Phi) is 57.6. The number of carbonyl (C=O) groups is 13. The molecule has 0 saturated carbocycles. The topological polar surface area (TPSA) is 466 Å². The normalized spacial score (nSPS) is 12.2. The fourth-order valence-corrected chi connectivity index (χ4v) is 10.9. The maximum atomic E-state index is 12.6. The van der Waals surface area contributed by atoms with Gasteiger partial charge in [-0.25, -0.2) is 13.2 Å². The molecule has 4 atom stereocenters. The number of tetrazole rings is 1. The van der Waals surface area contributed by atoms with Crippen molar-refractivity contribution in [2.24, 2.45) is 17.8 Å². The molecular formula is C66H115N7O22S. The lowest BCUT2D eigenvalue weighted by molar-refractivity contribution is -0.145. The molecule has 1 rings (SSSR count). The number of nitrogens with one attached hydrogen (secondary N) is 4. The Morgan fingerprint density at radius 1 is 0.448 bits per heavy atom. The lowest BCUT2D eigenvalue weighted by atomic mass is 9.93. The number of amides is 3. The van der Waals surface area contributed by atoms with Gasteiger partial charge >= 0.3 is 29.8 Å². The van der Waals surface area contributed by atoms with Gasteiger partial charge in [0.1, 0.15) is 35.8 Å². The van der Waals surface area contributed by atoms with Crippen molar-refractivity contribution in [3.63, 3.8) is 0 Å². The second kappa shape index (κ2) is 59.3. The SMILES string of the molecule is C.C.CCC(=O)CCCCCC(CC(=O)CCCCCCCCCCCCCCC(=O)O)C(=O)O.CCC(=O)CCCCCC(CC(=O)COCCOCCNC(=O)CCC(CC(=O)CCC(NC(=O)CCCS(=O)(=O)NC(=O)CCCc1nn[nH]n1)C(=O)O)C(=O)O)C(=O)O. The first kappa shape index (κ1) is 93.2. The highest BCUT2D eigenvalue weighted by molar-refractivity contribution is 7.90. The number of ether oxygens (including phenoxy) is 2. The first-order chi connectivity index (χ1) is 44.8. The highest BCUT2D eigenvalue weighted by Crippen LogP contribution is 2.20. The standard InChI is InChI=1S/C37H59N7O16S.C27H48O6.2CH4/c1-2-27(45)9-5-3-4-8-25(35(51)52)23-29(47)24-60-20-19-59-18-17-38-32(48)16-13-26(36(53)54)22-28(46)14-15-30(37(55)56)39-33(49)12-7-21-61(57,58)42-34(50)11-6-10-31-40-43-44-41-31;1-2-24(28)19-16-13-14-18-23(27(32)33)22-25(29)20-15-11-9-7-5-3-4-6-8-10-12-17-21-26(30)31;;/h25-26,30H,2-24H2,1H3,(H,38,48)(H,39,49)(H,42,50)(H,51,52)(H,53,54)(H,55,56)(H,40,41,43,44);23H,2-22H2,1H3,(H,30,31)(H,32,33);2*1H4. The monoisotopic (exact) mass is 1390 g/mol. The van der Waals surface area contributed by atoms with Crippen LogP contribution in [-0.2, 0) is 88.2 Å². The summed E-state index contributed by atoms with van der Waals surface area (Å²) in [5.74, 6) is -10.9. The predicted molar refractivity (Wildman–Crippen MR) is 356 cm³/mol. The van der Waals surface area contributed by atoms with Crippen molar-refractivity contribution >= 4 is 86.5 Å². The van der Waals surface area contributed by atoms with E-state index in [1.807, 2.05) is 11.6 Å². The molecule has 96 heavy (non-hydrogen) atoms. The lowest BCUT2D eigenvalue weighted by Gasteiger charge is -2.15. The maximum Gasteiger partial charge on any atom is 0.326 e. The summed E-state index contributed by atoms with van der Waals surface area (Å²) in [6.07, 6.45) is 19.4. The third kappa shape index (κ3) is 55.2. The van der Waals surface area contributed by atoms with Gasteiger partial charge in [0.2, 0.25) is 27.7 Å². The molecule has 0 aliphatic heterocycles. The van der Waals surface area contributed by atoms with Gasteiger partial charge < -0.3 is 45.6 Å². The summed E-state index contributed by atoms with van der Waals surface area (Å²) in [4.78, 5) is 153. The van der Waals surface area contributed by atoms with E-state index in [2.05, 4.69) is 31.3 Å². The number of aryl methyl sites for hydroxylation is 1. The molecule has 0 aliphatic carbocycles. The maximum absolute atomic E-state index is 12.6. The van der Waals surface area contributed by atoms with Gasteiger partial charge in [0.25, 0.3) is 0 Å². The van der Waals surface area contributed by atoms with E-state index in [0.717, 1.165) is 57.8 Å². The van der Waals surface area contributed by atoms with Crippen molar-refractivity contribution in [3.8, 4) is 0 Å². The Morgan fingerprint density at radius 3 is 1.38 bits per heavy atom. The minimum absolute atomic E-state index is 0. The quantitative estimate of drug-likeness (QED) is 0.0275. The largest absolute Gasteiger partial charge is 0.481 e. The molecule has 4 unspecified atom stereocenters. The summed E-state index contributed by atoms with van der Waals surface area (Å²) in [6.45, 7) is 3.61. The van der Waals surface area contributed by atoms with E-state index in [9.17, 15) is 91.2 Å². The number of ketones is 5. The zero-order valence-corrected chi connectivity index (χ0v) is 56.2. The van der Waals surface area contributed by atoms with Crippen LogP contribution in [0.5, 0.6) is 0 Å². The molecule has 30 heteroatoms. The first-order valence-corrected chi connectivity index (χ1v) is 35.1. The molecule has 0 fully saturated rings. The van der Waals surface area contributed by atoms with Crippen LogP contribution < -0.4 is 15.4 Å². The number of aromatic nitrogens is 4. The molecule has 1 heterocycles. The Labute approximate surface area is 567 Å². The van der Waals surface area contributed by atoms with Crippen LogP contribution in [0.3, 0.4) is 0 Å². The fraction of sp³-hybridized carbons (Fsp3) is 0.788. The van der Waals surface area contributed by atoms with Gasteiger partial charge in [-0.05, 0) is 64.2 Å². The summed E-state index contributed by atoms with van der Waals surface area (Å²) < 4.78 is 36.9. The molecule has 9 N–H and O–H groups in total. The number of unbranched alkanes of at least 4 members (excludes halogenated alkanes) is 15. The third-order valence-corrected chi connectivity index (χ3v) is 16.8. The van der Waals surface area contributed by atoms with Crippen LogP contribution in [0.25, 0.3) is 0 Å². The number of hydrogen-bond acceptors (Lipinski definition) is 20. The van der Waals surface area contributed by atoms with Crippen LogP contribution in [0.1, 0.15) is 272 Å². The molecule has 1 aromatic rings. The summed E-state index contributed by atoms with van der Waals surface area (Å²) in [5.41, 5.74) is 0. The molecule has 552 valence electrons. The molecule has 0 radical (unpaired) electrons. The molecule has 29 nitrogen and oxygen atoms in total. The molecule has 0 saturated heterocycles. The number of carboxylic acid groups (broad SMARTS) is 5. The Bertz CT molecular complexity index is 2530. The minimum atomic E-state index is -4.08. The van der Waals surface area contributed by atoms with Crippen LogP contribution in [0.2, 0.25) is 0 Å². The number of carbonyl (C=O) groups excluding carboxylic acids is 8. The Morgan fingerprint density at radius 2 is 0.896 bits per heavy atom. The van der Waals surface area contributed by atoms with Crippen molar-refractivity contribution in [3.05, 3.63) is 5.82 Å². The van der Waals surface area contributed by atoms with Crippen molar-refractivity contribution in [1.82, 2.24) is 36.0 Å². The van der Waals surface area contributed by atoms with Crippen molar-refractivity contribution in [1.29, 1.82) is 0 Å². The number of hydrogen-bond donors (Lipinski definition) is 9. The average molecular weight is 1390 g/mol. The zero-order valence-electron chi connectivity index (χ0n) is 55.3. The Hall–Kier alpha value is -6.95. The molecule has 0 bridgehead atoms. The Balaban J connectivity index is -0.00000209. The molecule has 0 aliphatic rings. The lowest BCUT2D eigenvalue weighted by Crippen LogP contribution is -2.41. The van der Waals surface area contributed by atoms with E-state index in [0.29, 0.717) is 76.5 Å². The molecule has 3 amide bonds. The second-order valence-electron chi connectivity index (χ2n) is 23.6. The van der Waals surface area contributed by atoms with Crippen LogP contribution >= 0.6 is 0 Å². The van der Waals surface area contributed by atoms with E-state index in [4.69, 9.17) is 14.6 Å². The minimum Gasteiger partial charge on any atom is -0.481 e. The average Bonchev–Trinajstić information content (AvgIpc) is 2.93. The number of H-pyrrole nitrogens is 1. The summed E-state index contributed by atoms with van der Waals surface area (Å²) in [6, 6.07) is -1.52. The van der Waals surface area contributed by atoms with Crippen LogP contribution in [-0.4, -0.2) is 176 Å². The number of aromatic amines is 1. The van der Waals surface area contributed by atoms with Crippen LogP contribution in [0.4, 0.5) is 0 Å². The van der Waals surface area contributed by atoms with Gasteiger partial charge in [-0.2, -0.15) is 5.21 Å². The van der Waals surface area contributed by atoms with E-state index in [-0.39, 0.29) is 129 Å². The highest BCUT2D eigenvalue weighted by atomic mass is 32.2. The van der Waals surface area contributed by atoms with Crippen LogP contribution in [0.15, 0.2) is 0 Å². The van der Waals surface area contributed by atoms with E-state index in [1.54, 1.807) is 6.92 Å². The summed E-state index contributed by atoms with van der Waals surface area (Å²) >= 11 is 0. The van der Waals surface area contributed by atoms with Crippen LogP contribution in [0, 0.1) is 17.8 Å². The van der Waals surface area contributed by atoms with Crippen molar-refractivity contribution < 1.29 is 106 Å². The molecule has 0 aromatic carbocycles. The molecular weight excluding hydrogens is 1270 g/mol. The number of aliphatic carboxylic acids is 5. The molecule has 0 spiro atoms.